The smallest absolute Gasteiger partial charge is 0.243 e. The minimum atomic E-state index is -3.80. The minimum absolute atomic E-state index is 0.0477. The third kappa shape index (κ3) is 6.69. The van der Waals surface area contributed by atoms with Gasteiger partial charge in [0.25, 0.3) is 0 Å². The highest BCUT2D eigenvalue weighted by Gasteiger charge is 2.27. The molecule has 1 aliphatic heterocycles. The number of nitrogens with one attached hydrogen (secondary N) is 1. The molecule has 0 bridgehead atoms. The van der Waals surface area contributed by atoms with E-state index in [-0.39, 0.29) is 30.2 Å². The SMILES string of the molecule is CCOc1ccc(CNC(=O)CN(c2ccc(S(=O)(=O)N3CCOCC3)cc2)S(C)(=O)=O)cc1. The third-order valence-electron chi connectivity index (χ3n) is 5.14. The Labute approximate surface area is 200 Å². The Bertz CT molecular complexity index is 1180. The Balaban J connectivity index is 1.67. The van der Waals surface area contributed by atoms with Crippen molar-refractivity contribution in [2.75, 3.05) is 50.0 Å². The Morgan fingerprint density at radius 3 is 2.21 bits per heavy atom. The highest BCUT2D eigenvalue weighted by molar-refractivity contribution is 7.92. The van der Waals surface area contributed by atoms with E-state index in [1.54, 1.807) is 12.1 Å². The van der Waals surface area contributed by atoms with Crippen LogP contribution in [0.4, 0.5) is 5.69 Å². The number of amides is 1. The van der Waals surface area contributed by atoms with E-state index >= 15 is 0 Å². The molecule has 2 aromatic carbocycles. The van der Waals surface area contributed by atoms with E-state index in [0.717, 1.165) is 21.9 Å². The maximum Gasteiger partial charge on any atom is 0.243 e. The van der Waals surface area contributed by atoms with Crippen LogP contribution in [0.1, 0.15) is 12.5 Å². The highest BCUT2D eigenvalue weighted by Crippen LogP contribution is 2.23. The molecule has 34 heavy (non-hydrogen) atoms. The van der Waals surface area contributed by atoms with E-state index in [1.165, 1.54) is 28.6 Å². The summed E-state index contributed by atoms with van der Waals surface area (Å²) in [6, 6.07) is 12.7. The molecule has 0 aliphatic carbocycles. The van der Waals surface area contributed by atoms with Crippen LogP contribution in [0.5, 0.6) is 5.75 Å². The van der Waals surface area contributed by atoms with Crippen LogP contribution >= 0.6 is 0 Å². The number of carbonyl (C=O) groups excluding carboxylic acids is 1. The van der Waals surface area contributed by atoms with E-state index in [1.807, 2.05) is 19.1 Å². The maximum atomic E-state index is 12.8. The fraction of sp³-hybridized carbons (Fsp3) is 0.409. The first kappa shape index (κ1) is 25.9. The minimum Gasteiger partial charge on any atom is -0.494 e. The van der Waals surface area contributed by atoms with E-state index in [2.05, 4.69) is 5.32 Å². The van der Waals surface area contributed by atoms with Crippen molar-refractivity contribution in [1.82, 2.24) is 9.62 Å². The van der Waals surface area contributed by atoms with Gasteiger partial charge in [-0.05, 0) is 48.9 Å². The van der Waals surface area contributed by atoms with Gasteiger partial charge in [0.05, 0.1) is 36.7 Å². The van der Waals surface area contributed by atoms with Crippen LogP contribution in [0.2, 0.25) is 0 Å². The fourth-order valence-electron chi connectivity index (χ4n) is 3.38. The van der Waals surface area contributed by atoms with E-state index in [4.69, 9.17) is 9.47 Å². The maximum absolute atomic E-state index is 12.8. The second-order valence-electron chi connectivity index (χ2n) is 7.63. The molecule has 0 radical (unpaired) electrons. The summed E-state index contributed by atoms with van der Waals surface area (Å²) >= 11 is 0. The molecule has 3 rings (SSSR count). The van der Waals surface area contributed by atoms with E-state index in [9.17, 15) is 21.6 Å². The first-order valence-electron chi connectivity index (χ1n) is 10.8. The summed E-state index contributed by atoms with van der Waals surface area (Å²) in [6.07, 6.45) is 0.991. The first-order chi connectivity index (χ1) is 16.1. The number of nitrogens with zero attached hydrogens (tertiary/aromatic N) is 2. The van der Waals surface area contributed by atoms with Crippen molar-refractivity contribution >= 4 is 31.6 Å². The van der Waals surface area contributed by atoms with Gasteiger partial charge in [-0.25, -0.2) is 16.8 Å². The average molecular weight is 512 g/mol. The zero-order chi connectivity index (χ0) is 24.8. The van der Waals surface area contributed by atoms with Crippen molar-refractivity contribution in [2.24, 2.45) is 0 Å². The van der Waals surface area contributed by atoms with Crippen LogP contribution in [-0.4, -0.2) is 72.8 Å². The zero-order valence-corrected chi connectivity index (χ0v) is 20.8. The van der Waals surface area contributed by atoms with Gasteiger partial charge >= 0.3 is 0 Å². The molecule has 1 aliphatic rings. The lowest BCUT2D eigenvalue weighted by Crippen LogP contribution is -2.41. The van der Waals surface area contributed by atoms with Crippen molar-refractivity contribution in [3.05, 3.63) is 54.1 Å². The van der Waals surface area contributed by atoms with Gasteiger partial charge < -0.3 is 14.8 Å². The van der Waals surface area contributed by atoms with Crippen LogP contribution in [0.15, 0.2) is 53.4 Å². The molecule has 1 saturated heterocycles. The Hall–Kier alpha value is -2.67. The van der Waals surface area contributed by atoms with Crippen molar-refractivity contribution in [2.45, 2.75) is 18.4 Å². The predicted molar refractivity (Wildman–Crippen MR) is 128 cm³/mol. The molecule has 0 saturated carbocycles. The summed E-state index contributed by atoms with van der Waals surface area (Å²) in [5.74, 6) is 0.226. The molecular formula is C22H29N3O7S2. The van der Waals surface area contributed by atoms with Gasteiger partial charge in [-0.2, -0.15) is 4.31 Å². The molecule has 0 spiro atoms. The van der Waals surface area contributed by atoms with Crippen molar-refractivity contribution in [3.8, 4) is 5.75 Å². The monoisotopic (exact) mass is 511 g/mol. The van der Waals surface area contributed by atoms with Crippen molar-refractivity contribution in [1.29, 1.82) is 0 Å². The molecule has 0 atom stereocenters. The lowest BCUT2D eigenvalue weighted by atomic mass is 10.2. The number of carbonyl (C=O) groups is 1. The molecule has 0 unspecified atom stereocenters. The summed E-state index contributed by atoms with van der Waals surface area (Å²) in [6.45, 7) is 3.39. The normalized spacial score (nSPS) is 15.0. The number of morpholine rings is 1. The van der Waals surface area contributed by atoms with Crippen LogP contribution in [0.25, 0.3) is 0 Å². The Morgan fingerprint density at radius 2 is 1.65 bits per heavy atom. The van der Waals surface area contributed by atoms with Gasteiger partial charge in [-0.15, -0.1) is 0 Å². The van der Waals surface area contributed by atoms with Gasteiger partial charge in [-0.3, -0.25) is 9.10 Å². The molecule has 1 N–H and O–H groups in total. The zero-order valence-electron chi connectivity index (χ0n) is 19.1. The number of anilines is 1. The molecule has 1 heterocycles. The van der Waals surface area contributed by atoms with Gasteiger partial charge in [0.1, 0.15) is 12.3 Å². The van der Waals surface area contributed by atoms with E-state index < -0.39 is 32.5 Å². The highest BCUT2D eigenvalue weighted by atomic mass is 32.2. The lowest BCUT2D eigenvalue weighted by molar-refractivity contribution is -0.119. The molecule has 10 nitrogen and oxygen atoms in total. The number of hydrogen-bond acceptors (Lipinski definition) is 7. The molecule has 1 amide bonds. The van der Waals surface area contributed by atoms with Crippen molar-refractivity contribution < 1.29 is 31.1 Å². The molecule has 186 valence electrons. The lowest BCUT2D eigenvalue weighted by Gasteiger charge is -2.26. The van der Waals surface area contributed by atoms with Crippen LogP contribution in [-0.2, 0) is 36.1 Å². The molecule has 12 heteroatoms. The van der Waals surface area contributed by atoms with Crippen LogP contribution in [0, 0.1) is 0 Å². The third-order valence-corrected chi connectivity index (χ3v) is 8.20. The second-order valence-corrected chi connectivity index (χ2v) is 11.5. The Morgan fingerprint density at radius 1 is 1.03 bits per heavy atom. The van der Waals surface area contributed by atoms with Gasteiger partial charge in [0.15, 0.2) is 0 Å². The summed E-state index contributed by atoms with van der Waals surface area (Å²) in [4.78, 5) is 12.5. The number of ether oxygens (including phenoxy) is 2. The Kier molecular flexibility index (Phi) is 8.52. The number of sulfonamides is 2. The quantitative estimate of drug-likeness (QED) is 0.508. The summed E-state index contributed by atoms with van der Waals surface area (Å²) in [5.41, 5.74) is 1.03. The van der Waals surface area contributed by atoms with E-state index in [0.29, 0.717) is 19.8 Å². The molecule has 1 fully saturated rings. The topological polar surface area (TPSA) is 122 Å². The van der Waals surface area contributed by atoms with Crippen LogP contribution < -0.4 is 14.4 Å². The fourth-order valence-corrected chi connectivity index (χ4v) is 5.64. The van der Waals surface area contributed by atoms with Crippen LogP contribution in [0.3, 0.4) is 0 Å². The second kappa shape index (κ2) is 11.2. The standard InChI is InChI=1S/C22H29N3O7S2/c1-3-32-20-8-4-18(5-9-20)16-23-22(26)17-25(33(2,27)28)19-6-10-21(11-7-19)34(29,30)24-12-14-31-15-13-24/h4-11H,3,12-17H2,1-2H3,(H,23,26). The number of benzene rings is 2. The molecule has 2 aromatic rings. The largest absolute Gasteiger partial charge is 0.494 e. The average Bonchev–Trinajstić information content (AvgIpc) is 2.82. The first-order valence-corrected chi connectivity index (χ1v) is 14.0. The van der Waals surface area contributed by atoms with Crippen molar-refractivity contribution in [3.63, 3.8) is 0 Å². The summed E-state index contributed by atoms with van der Waals surface area (Å²) in [7, 11) is -7.51. The summed E-state index contributed by atoms with van der Waals surface area (Å²) < 4.78 is 63.1. The number of hydrogen-bond donors (Lipinski definition) is 1. The summed E-state index contributed by atoms with van der Waals surface area (Å²) in [5, 5.41) is 2.70. The molecule has 0 aromatic heterocycles. The van der Waals surface area contributed by atoms with Gasteiger partial charge in [0, 0.05) is 19.6 Å². The molecular weight excluding hydrogens is 482 g/mol. The van der Waals surface area contributed by atoms with Gasteiger partial charge in [0.2, 0.25) is 26.0 Å². The number of rotatable bonds is 10. The predicted octanol–water partition coefficient (Wildman–Crippen LogP) is 1.19. The van der Waals surface area contributed by atoms with Gasteiger partial charge in [-0.1, -0.05) is 12.1 Å².